The molecule has 0 bridgehead atoms. The number of nitrogens with zero attached hydrogens (tertiary/aromatic N) is 1. The first kappa shape index (κ1) is 27.4. The number of rotatable bonds is 13. The minimum absolute atomic E-state index is 0.220. The van der Waals surface area contributed by atoms with Crippen molar-refractivity contribution in [3.63, 3.8) is 0 Å². The maximum absolute atomic E-state index is 13.5. The molecule has 0 aliphatic carbocycles. The van der Waals surface area contributed by atoms with Crippen LogP contribution in [-0.4, -0.2) is 48.9 Å². The number of hydrogen-bond acceptors (Lipinski definition) is 5. The number of amides is 3. The van der Waals surface area contributed by atoms with Crippen LogP contribution in [0.4, 0.5) is 0 Å². The van der Waals surface area contributed by atoms with Gasteiger partial charge in [-0.2, -0.15) is 0 Å². The lowest BCUT2D eigenvalue weighted by Crippen LogP contribution is -2.47. The van der Waals surface area contributed by atoms with Crippen LogP contribution in [0.2, 0.25) is 5.02 Å². The number of carbonyl (C=O) groups is 3. The third-order valence-corrected chi connectivity index (χ3v) is 6.49. The molecular formula is C27H30ClN3O4S. The summed E-state index contributed by atoms with van der Waals surface area (Å²) in [4.78, 5) is 41.9. The maximum Gasteiger partial charge on any atom is 0.251 e. The second-order valence-corrected chi connectivity index (χ2v) is 9.41. The quantitative estimate of drug-likeness (QED) is 0.322. The van der Waals surface area contributed by atoms with E-state index in [-0.39, 0.29) is 30.8 Å². The first-order valence-corrected chi connectivity index (χ1v) is 13.0. The predicted molar refractivity (Wildman–Crippen MR) is 142 cm³/mol. The molecule has 2 aromatic carbocycles. The van der Waals surface area contributed by atoms with Crippen molar-refractivity contribution in [3.8, 4) is 0 Å². The number of nitrogens with one attached hydrogen (secondary N) is 2. The molecule has 9 heteroatoms. The summed E-state index contributed by atoms with van der Waals surface area (Å²) in [5, 5.41) is 8.06. The van der Waals surface area contributed by atoms with Crippen molar-refractivity contribution in [2.24, 2.45) is 0 Å². The van der Waals surface area contributed by atoms with Crippen molar-refractivity contribution >= 4 is 40.7 Å². The van der Waals surface area contributed by atoms with Gasteiger partial charge in [-0.05, 0) is 54.6 Å². The van der Waals surface area contributed by atoms with Gasteiger partial charge in [0.1, 0.15) is 6.04 Å². The van der Waals surface area contributed by atoms with Gasteiger partial charge < -0.3 is 20.3 Å². The Bertz CT molecular complexity index is 1110. The summed E-state index contributed by atoms with van der Waals surface area (Å²) in [7, 11) is 0. The van der Waals surface area contributed by atoms with E-state index in [1.165, 1.54) is 16.2 Å². The first-order chi connectivity index (χ1) is 17.5. The largest absolute Gasteiger partial charge is 0.382 e. The monoisotopic (exact) mass is 527 g/mol. The predicted octanol–water partition coefficient (Wildman–Crippen LogP) is 4.44. The molecular weight excluding hydrogens is 498 g/mol. The molecule has 0 saturated carbocycles. The van der Waals surface area contributed by atoms with Crippen LogP contribution in [0.25, 0.3) is 0 Å². The standard InChI is InChI=1S/C27H30ClN3O4S/c1-2-35-16-7-15-29-27(34)25(20-11-13-22(28)14-12-20)31(19-23-10-6-17-36-23)24(32)18-30-26(33)21-8-4-3-5-9-21/h3-6,8-14,17,25H,2,7,15-16,18-19H2,1H3,(H,29,34)(H,30,33). The van der Waals surface area contributed by atoms with Crippen molar-refractivity contribution in [2.45, 2.75) is 25.9 Å². The third-order valence-electron chi connectivity index (χ3n) is 5.38. The van der Waals surface area contributed by atoms with E-state index in [2.05, 4.69) is 10.6 Å². The zero-order valence-corrected chi connectivity index (χ0v) is 21.7. The SMILES string of the molecule is CCOCCCNC(=O)C(c1ccc(Cl)cc1)N(Cc1cccs1)C(=O)CNC(=O)c1ccccc1. The summed E-state index contributed by atoms with van der Waals surface area (Å²) in [6.07, 6.45) is 0.652. The molecule has 0 aliphatic heterocycles. The van der Waals surface area contributed by atoms with E-state index in [9.17, 15) is 14.4 Å². The summed E-state index contributed by atoms with van der Waals surface area (Å²) in [5.74, 6) is -1.05. The molecule has 36 heavy (non-hydrogen) atoms. The van der Waals surface area contributed by atoms with Crippen molar-refractivity contribution < 1.29 is 19.1 Å². The Morgan fingerprint density at radius 1 is 1.00 bits per heavy atom. The molecule has 1 aromatic heterocycles. The Hall–Kier alpha value is -3.20. The Morgan fingerprint density at radius 3 is 2.42 bits per heavy atom. The number of hydrogen-bond donors (Lipinski definition) is 2. The highest BCUT2D eigenvalue weighted by Crippen LogP contribution is 2.26. The van der Waals surface area contributed by atoms with Gasteiger partial charge in [0.2, 0.25) is 11.8 Å². The molecule has 0 saturated heterocycles. The zero-order chi connectivity index (χ0) is 25.8. The number of ether oxygens (including phenoxy) is 1. The molecule has 0 aliphatic rings. The first-order valence-electron chi connectivity index (χ1n) is 11.8. The van der Waals surface area contributed by atoms with Gasteiger partial charge in [0.15, 0.2) is 0 Å². The van der Waals surface area contributed by atoms with E-state index < -0.39 is 6.04 Å². The lowest BCUT2D eigenvalue weighted by molar-refractivity contribution is -0.140. The van der Waals surface area contributed by atoms with Crippen LogP contribution in [0, 0.1) is 0 Å². The van der Waals surface area contributed by atoms with Gasteiger partial charge in [0.05, 0.1) is 13.1 Å². The van der Waals surface area contributed by atoms with Gasteiger partial charge in [-0.3, -0.25) is 14.4 Å². The Balaban J connectivity index is 1.83. The van der Waals surface area contributed by atoms with Crippen LogP contribution < -0.4 is 10.6 Å². The fourth-order valence-electron chi connectivity index (χ4n) is 3.59. The molecule has 0 fully saturated rings. The van der Waals surface area contributed by atoms with E-state index in [0.29, 0.717) is 42.3 Å². The van der Waals surface area contributed by atoms with E-state index >= 15 is 0 Å². The highest BCUT2D eigenvalue weighted by Gasteiger charge is 2.32. The fraction of sp³-hybridized carbons (Fsp3) is 0.296. The van der Waals surface area contributed by atoms with Crippen LogP contribution in [0.3, 0.4) is 0 Å². The fourth-order valence-corrected chi connectivity index (χ4v) is 4.42. The van der Waals surface area contributed by atoms with Gasteiger partial charge in [0.25, 0.3) is 5.91 Å². The van der Waals surface area contributed by atoms with E-state index in [4.69, 9.17) is 16.3 Å². The summed E-state index contributed by atoms with van der Waals surface area (Å²) in [5.41, 5.74) is 1.08. The minimum atomic E-state index is -0.905. The van der Waals surface area contributed by atoms with Gasteiger partial charge in [-0.15, -0.1) is 11.3 Å². The van der Waals surface area contributed by atoms with Gasteiger partial charge in [0, 0.05) is 35.2 Å². The Kier molecular flexibility index (Phi) is 10.9. The minimum Gasteiger partial charge on any atom is -0.382 e. The van der Waals surface area contributed by atoms with Crippen molar-refractivity contribution in [3.05, 3.63) is 93.1 Å². The highest BCUT2D eigenvalue weighted by molar-refractivity contribution is 7.09. The second kappa shape index (κ2) is 14.4. The number of carbonyl (C=O) groups excluding carboxylic acids is 3. The number of thiophene rings is 1. The summed E-state index contributed by atoms with van der Waals surface area (Å²) in [6.45, 7) is 3.44. The van der Waals surface area contributed by atoms with E-state index in [1.54, 1.807) is 48.5 Å². The molecule has 3 aromatic rings. The third kappa shape index (κ3) is 8.19. The van der Waals surface area contributed by atoms with Crippen LogP contribution in [0.15, 0.2) is 72.1 Å². The maximum atomic E-state index is 13.5. The highest BCUT2D eigenvalue weighted by atomic mass is 35.5. The molecule has 1 heterocycles. The Labute approximate surface area is 220 Å². The van der Waals surface area contributed by atoms with Crippen molar-refractivity contribution in [1.82, 2.24) is 15.5 Å². The van der Waals surface area contributed by atoms with Crippen LogP contribution in [0.5, 0.6) is 0 Å². The molecule has 1 unspecified atom stereocenters. The number of halogens is 1. The average Bonchev–Trinajstić information content (AvgIpc) is 3.41. The second-order valence-electron chi connectivity index (χ2n) is 7.95. The van der Waals surface area contributed by atoms with E-state index in [1.807, 2.05) is 30.5 Å². The van der Waals surface area contributed by atoms with Crippen LogP contribution in [-0.2, 0) is 20.9 Å². The molecule has 1 atom stereocenters. The van der Waals surface area contributed by atoms with Crippen molar-refractivity contribution in [2.75, 3.05) is 26.3 Å². The molecule has 2 N–H and O–H groups in total. The Morgan fingerprint density at radius 2 is 1.75 bits per heavy atom. The summed E-state index contributed by atoms with van der Waals surface area (Å²) in [6, 6.07) is 18.4. The smallest absolute Gasteiger partial charge is 0.251 e. The molecule has 3 amide bonds. The van der Waals surface area contributed by atoms with Crippen LogP contribution >= 0.6 is 22.9 Å². The van der Waals surface area contributed by atoms with Crippen molar-refractivity contribution in [1.29, 1.82) is 0 Å². The molecule has 3 rings (SSSR count). The topological polar surface area (TPSA) is 87.7 Å². The summed E-state index contributed by atoms with van der Waals surface area (Å²) >= 11 is 7.58. The lowest BCUT2D eigenvalue weighted by atomic mass is 10.0. The molecule has 190 valence electrons. The lowest BCUT2D eigenvalue weighted by Gasteiger charge is -2.31. The molecule has 7 nitrogen and oxygen atoms in total. The van der Waals surface area contributed by atoms with Gasteiger partial charge in [-0.25, -0.2) is 0 Å². The van der Waals surface area contributed by atoms with Gasteiger partial charge in [-0.1, -0.05) is 48.0 Å². The van der Waals surface area contributed by atoms with Gasteiger partial charge >= 0.3 is 0 Å². The average molecular weight is 528 g/mol. The summed E-state index contributed by atoms with van der Waals surface area (Å²) < 4.78 is 5.35. The number of benzene rings is 2. The molecule has 0 spiro atoms. The van der Waals surface area contributed by atoms with Crippen LogP contribution in [0.1, 0.15) is 40.2 Å². The molecule has 0 radical (unpaired) electrons. The normalized spacial score (nSPS) is 11.5. The zero-order valence-electron chi connectivity index (χ0n) is 20.1. The van der Waals surface area contributed by atoms with E-state index in [0.717, 1.165) is 4.88 Å².